The van der Waals surface area contributed by atoms with E-state index in [-0.39, 0.29) is 12.5 Å². The molecule has 0 aliphatic carbocycles. The Labute approximate surface area is 127 Å². The van der Waals surface area contributed by atoms with Crippen molar-refractivity contribution in [1.82, 2.24) is 4.90 Å². The van der Waals surface area contributed by atoms with Crippen LogP contribution >= 0.6 is 0 Å². The van der Waals surface area contributed by atoms with Crippen molar-refractivity contribution in [3.8, 4) is 11.8 Å². The van der Waals surface area contributed by atoms with E-state index < -0.39 is 0 Å². The van der Waals surface area contributed by atoms with Crippen LogP contribution in [0.25, 0.3) is 0 Å². The number of aliphatic hydroxyl groups is 1. The number of benzene rings is 1. The molecule has 1 aliphatic rings. The number of nitrogens with zero attached hydrogens (tertiary/aromatic N) is 1. The van der Waals surface area contributed by atoms with Crippen molar-refractivity contribution in [3.05, 3.63) is 35.4 Å². The summed E-state index contributed by atoms with van der Waals surface area (Å²) in [7, 11) is 0. The zero-order chi connectivity index (χ0) is 15.2. The second kappa shape index (κ2) is 7.28. The number of piperidine rings is 1. The normalized spacial score (nSPS) is 21.6. The lowest BCUT2D eigenvalue weighted by Crippen LogP contribution is -2.47. The van der Waals surface area contributed by atoms with Crippen molar-refractivity contribution >= 4 is 5.91 Å². The van der Waals surface area contributed by atoms with Gasteiger partial charge in [-0.15, -0.1) is 0 Å². The van der Waals surface area contributed by atoms with Crippen LogP contribution in [-0.4, -0.2) is 34.6 Å². The third kappa shape index (κ3) is 3.86. The highest BCUT2D eigenvalue weighted by molar-refractivity contribution is 5.94. The Kier molecular flexibility index (Phi) is 5.41. The van der Waals surface area contributed by atoms with Gasteiger partial charge >= 0.3 is 0 Å². The zero-order valence-corrected chi connectivity index (χ0v) is 12.8. The van der Waals surface area contributed by atoms with Gasteiger partial charge < -0.3 is 10.0 Å². The van der Waals surface area contributed by atoms with Crippen LogP contribution in [0.1, 0.15) is 55.5 Å². The predicted octanol–water partition coefficient (Wildman–Crippen LogP) is 2.82. The number of amides is 1. The second-order valence-electron chi connectivity index (χ2n) is 5.69. The fourth-order valence-corrected chi connectivity index (χ4v) is 2.89. The van der Waals surface area contributed by atoms with Crippen LogP contribution in [0.5, 0.6) is 0 Å². The Balaban J connectivity index is 2.11. The molecule has 3 nitrogen and oxygen atoms in total. The molecule has 1 aromatic carbocycles. The number of carbonyl (C=O) groups excluding carboxylic acids is 1. The van der Waals surface area contributed by atoms with Gasteiger partial charge in [0.1, 0.15) is 0 Å². The van der Waals surface area contributed by atoms with E-state index in [9.17, 15) is 4.79 Å². The third-order valence-corrected chi connectivity index (χ3v) is 4.03. The van der Waals surface area contributed by atoms with Gasteiger partial charge in [0, 0.05) is 29.6 Å². The van der Waals surface area contributed by atoms with E-state index in [1.165, 1.54) is 6.42 Å². The van der Waals surface area contributed by atoms with Gasteiger partial charge in [0.05, 0.1) is 6.61 Å². The van der Waals surface area contributed by atoms with Gasteiger partial charge in [-0.25, -0.2) is 0 Å². The molecule has 1 fully saturated rings. The van der Waals surface area contributed by atoms with E-state index in [1.54, 1.807) is 0 Å². The van der Waals surface area contributed by atoms with Crippen LogP contribution in [-0.2, 0) is 0 Å². The fourth-order valence-electron chi connectivity index (χ4n) is 2.89. The Morgan fingerprint density at radius 3 is 2.43 bits per heavy atom. The first-order valence-corrected chi connectivity index (χ1v) is 7.66. The maximum Gasteiger partial charge on any atom is 0.254 e. The molecule has 0 saturated carbocycles. The first kappa shape index (κ1) is 15.6. The van der Waals surface area contributed by atoms with Crippen molar-refractivity contribution in [2.75, 3.05) is 6.61 Å². The molecule has 0 aromatic heterocycles. The minimum absolute atomic E-state index is 0.0777. The first-order valence-electron chi connectivity index (χ1n) is 7.66. The highest BCUT2D eigenvalue weighted by Crippen LogP contribution is 2.24. The van der Waals surface area contributed by atoms with E-state index in [2.05, 4.69) is 25.7 Å². The molecule has 1 saturated heterocycles. The largest absolute Gasteiger partial charge is 0.395 e. The molecule has 2 atom stereocenters. The maximum absolute atomic E-state index is 12.6. The van der Waals surface area contributed by atoms with E-state index in [0.717, 1.165) is 24.0 Å². The molecule has 112 valence electrons. The molecule has 2 rings (SSSR count). The van der Waals surface area contributed by atoms with Crippen LogP contribution in [0.15, 0.2) is 24.3 Å². The lowest BCUT2D eigenvalue weighted by molar-refractivity contribution is 0.0511. The van der Waals surface area contributed by atoms with Crippen molar-refractivity contribution < 1.29 is 9.90 Å². The Bertz CT molecular complexity index is 529. The molecule has 1 amide bonds. The van der Waals surface area contributed by atoms with Gasteiger partial charge in [-0.2, -0.15) is 0 Å². The summed E-state index contributed by atoms with van der Waals surface area (Å²) in [4.78, 5) is 14.7. The fraction of sp³-hybridized carbons (Fsp3) is 0.500. The average Bonchev–Trinajstić information content (AvgIpc) is 2.48. The second-order valence-corrected chi connectivity index (χ2v) is 5.69. The molecular formula is C18H23NO2. The molecule has 0 unspecified atom stereocenters. The monoisotopic (exact) mass is 285 g/mol. The van der Waals surface area contributed by atoms with Gasteiger partial charge in [0.2, 0.25) is 0 Å². The van der Waals surface area contributed by atoms with Crippen molar-refractivity contribution in [2.45, 2.75) is 51.6 Å². The molecule has 1 aliphatic heterocycles. The molecule has 0 bridgehead atoms. The number of aliphatic hydroxyl groups excluding tert-OH is 1. The lowest BCUT2D eigenvalue weighted by atomic mass is 9.96. The van der Waals surface area contributed by atoms with E-state index >= 15 is 0 Å². The molecule has 3 heteroatoms. The molecule has 0 radical (unpaired) electrons. The van der Waals surface area contributed by atoms with Crippen molar-refractivity contribution in [1.29, 1.82) is 0 Å². The standard InChI is InChI=1S/C18H23NO2/c1-14-6-5-7-15(2)19(14)18(21)17-11-9-16(10-12-17)8-3-4-13-20/h9-12,14-15,20H,4-7,13H2,1-2H3/t14-,15+. The van der Waals surface area contributed by atoms with E-state index in [1.807, 2.05) is 29.2 Å². The quantitative estimate of drug-likeness (QED) is 0.849. The average molecular weight is 285 g/mol. The number of carbonyl (C=O) groups is 1. The number of likely N-dealkylation sites (tertiary alicyclic amines) is 1. The molecule has 1 aromatic rings. The summed E-state index contributed by atoms with van der Waals surface area (Å²) >= 11 is 0. The van der Waals surface area contributed by atoms with E-state index in [0.29, 0.717) is 18.5 Å². The summed E-state index contributed by atoms with van der Waals surface area (Å²) < 4.78 is 0. The molecule has 1 heterocycles. The van der Waals surface area contributed by atoms with Gasteiger partial charge in [-0.1, -0.05) is 11.8 Å². The smallest absolute Gasteiger partial charge is 0.254 e. The van der Waals surface area contributed by atoms with Crippen LogP contribution in [0.2, 0.25) is 0 Å². The van der Waals surface area contributed by atoms with Crippen LogP contribution < -0.4 is 0 Å². The van der Waals surface area contributed by atoms with Gasteiger partial charge in [-0.05, 0) is 57.4 Å². The molecule has 21 heavy (non-hydrogen) atoms. The third-order valence-electron chi connectivity index (χ3n) is 4.03. The Hall–Kier alpha value is -1.79. The van der Waals surface area contributed by atoms with Gasteiger partial charge in [0.25, 0.3) is 5.91 Å². The topological polar surface area (TPSA) is 40.5 Å². The minimum atomic E-state index is 0.0777. The highest BCUT2D eigenvalue weighted by Gasteiger charge is 2.29. The number of hydrogen-bond acceptors (Lipinski definition) is 2. The summed E-state index contributed by atoms with van der Waals surface area (Å²) in [6.07, 6.45) is 3.84. The molecule has 0 spiro atoms. The SMILES string of the molecule is C[C@@H]1CCC[C@H](C)N1C(=O)c1ccc(C#CCCO)cc1. The lowest BCUT2D eigenvalue weighted by Gasteiger charge is -2.39. The summed E-state index contributed by atoms with van der Waals surface area (Å²) in [6.45, 7) is 4.33. The predicted molar refractivity (Wildman–Crippen MR) is 84.0 cm³/mol. The first-order chi connectivity index (χ1) is 10.1. The van der Waals surface area contributed by atoms with E-state index in [4.69, 9.17) is 5.11 Å². The van der Waals surface area contributed by atoms with Crippen LogP contribution in [0.4, 0.5) is 0 Å². The van der Waals surface area contributed by atoms with Crippen molar-refractivity contribution in [2.24, 2.45) is 0 Å². The Morgan fingerprint density at radius 1 is 1.24 bits per heavy atom. The summed E-state index contributed by atoms with van der Waals surface area (Å²) in [5.41, 5.74) is 1.60. The number of hydrogen-bond donors (Lipinski definition) is 1. The highest BCUT2D eigenvalue weighted by atomic mass is 16.2. The van der Waals surface area contributed by atoms with Gasteiger partial charge in [0.15, 0.2) is 0 Å². The minimum Gasteiger partial charge on any atom is -0.395 e. The Morgan fingerprint density at radius 2 is 1.86 bits per heavy atom. The summed E-state index contributed by atoms with van der Waals surface area (Å²) in [5, 5.41) is 8.70. The molecule has 1 N–H and O–H groups in total. The maximum atomic E-state index is 12.6. The van der Waals surface area contributed by atoms with Crippen LogP contribution in [0, 0.1) is 11.8 Å². The van der Waals surface area contributed by atoms with Gasteiger partial charge in [-0.3, -0.25) is 4.79 Å². The number of rotatable bonds is 2. The summed E-state index contributed by atoms with van der Waals surface area (Å²) in [5.74, 6) is 5.97. The summed E-state index contributed by atoms with van der Waals surface area (Å²) in [6, 6.07) is 8.06. The zero-order valence-electron chi connectivity index (χ0n) is 12.8. The van der Waals surface area contributed by atoms with Crippen molar-refractivity contribution in [3.63, 3.8) is 0 Å². The molecular weight excluding hydrogens is 262 g/mol. The van der Waals surface area contributed by atoms with Crippen LogP contribution in [0.3, 0.4) is 0 Å².